The molecule has 4 N–H and O–H groups in total. The largest absolute Gasteiger partial charge is 0.382 e. The summed E-state index contributed by atoms with van der Waals surface area (Å²) in [5.41, 5.74) is 5.91. The van der Waals surface area contributed by atoms with Crippen molar-refractivity contribution in [2.45, 2.75) is 51.2 Å². The fourth-order valence-electron chi connectivity index (χ4n) is 4.09. The number of nitrogens with two attached hydrogens (primary N) is 1. The second-order valence-electron chi connectivity index (χ2n) is 7.18. The van der Waals surface area contributed by atoms with Crippen LogP contribution < -0.4 is 11.1 Å². The summed E-state index contributed by atoms with van der Waals surface area (Å²) in [5, 5.41) is 9.46. The Labute approximate surface area is 159 Å². The lowest BCUT2D eigenvalue weighted by Crippen LogP contribution is -2.50. The normalized spacial score (nSPS) is 24.1. The maximum atomic E-state index is 13.1. The predicted octanol–water partition coefficient (Wildman–Crippen LogP) is 0.212. The van der Waals surface area contributed by atoms with Crippen LogP contribution in [0.25, 0.3) is 0 Å². The van der Waals surface area contributed by atoms with E-state index in [1.807, 2.05) is 18.7 Å². The summed E-state index contributed by atoms with van der Waals surface area (Å²) < 4.78 is 5.48. The molecule has 2 amide bonds. The van der Waals surface area contributed by atoms with Crippen LogP contribution >= 0.6 is 0 Å². The molecule has 0 unspecified atom stereocenters. The van der Waals surface area contributed by atoms with Crippen molar-refractivity contribution in [1.82, 2.24) is 25.3 Å². The third-order valence-electron chi connectivity index (χ3n) is 5.54. The van der Waals surface area contributed by atoms with Crippen LogP contribution in [0.15, 0.2) is 6.07 Å². The van der Waals surface area contributed by atoms with Gasteiger partial charge in [0, 0.05) is 51.0 Å². The molecular weight excluding hydrogens is 348 g/mol. The summed E-state index contributed by atoms with van der Waals surface area (Å²) in [6, 6.07) is 1.53. The van der Waals surface area contributed by atoms with Gasteiger partial charge >= 0.3 is 0 Å². The highest BCUT2D eigenvalue weighted by molar-refractivity contribution is 5.93. The fraction of sp³-hybridized carbons (Fsp3) is 0.722. The van der Waals surface area contributed by atoms with Gasteiger partial charge in [0.2, 0.25) is 5.91 Å². The van der Waals surface area contributed by atoms with Crippen LogP contribution in [0.5, 0.6) is 0 Å². The van der Waals surface area contributed by atoms with E-state index in [9.17, 15) is 9.59 Å². The number of aromatic nitrogens is 2. The Kier molecular flexibility index (Phi) is 6.33. The zero-order valence-corrected chi connectivity index (χ0v) is 16.1. The topological polar surface area (TPSA) is 117 Å². The van der Waals surface area contributed by atoms with E-state index in [1.54, 1.807) is 0 Å². The van der Waals surface area contributed by atoms with Gasteiger partial charge in [-0.25, -0.2) is 0 Å². The SMILES string of the molecule is CCN(CC)C(=O)[C@@H]1C[C@H](NC(=O)c2cc(N)n[nH]2)CN1C1CCOCC1. The molecule has 0 spiro atoms. The van der Waals surface area contributed by atoms with Crippen molar-refractivity contribution in [2.24, 2.45) is 0 Å². The van der Waals surface area contributed by atoms with E-state index in [4.69, 9.17) is 10.5 Å². The zero-order valence-electron chi connectivity index (χ0n) is 16.1. The van der Waals surface area contributed by atoms with E-state index < -0.39 is 0 Å². The van der Waals surface area contributed by atoms with Crippen molar-refractivity contribution in [3.8, 4) is 0 Å². The van der Waals surface area contributed by atoms with Crippen molar-refractivity contribution in [1.29, 1.82) is 0 Å². The molecule has 9 nitrogen and oxygen atoms in total. The number of aromatic amines is 1. The number of rotatable bonds is 6. The molecule has 3 heterocycles. The molecule has 0 aliphatic carbocycles. The van der Waals surface area contributed by atoms with Crippen molar-refractivity contribution in [3.05, 3.63) is 11.8 Å². The van der Waals surface area contributed by atoms with Gasteiger partial charge in [0.05, 0.1) is 6.04 Å². The second-order valence-corrected chi connectivity index (χ2v) is 7.18. The van der Waals surface area contributed by atoms with E-state index in [2.05, 4.69) is 20.4 Å². The Morgan fingerprint density at radius 3 is 2.67 bits per heavy atom. The van der Waals surface area contributed by atoms with Gasteiger partial charge in [-0.1, -0.05) is 0 Å². The molecule has 27 heavy (non-hydrogen) atoms. The molecule has 1 aromatic heterocycles. The Morgan fingerprint density at radius 2 is 2.07 bits per heavy atom. The average Bonchev–Trinajstić information content (AvgIpc) is 3.30. The number of carbonyl (C=O) groups is 2. The molecule has 2 aliphatic heterocycles. The van der Waals surface area contributed by atoms with Crippen molar-refractivity contribution in [2.75, 3.05) is 38.6 Å². The first kappa shape index (κ1) is 19.6. The highest BCUT2D eigenvalue weighted by Crippen LogP contribution is 2.27. The summed E-state index contributed by atoms with van der Waals surface area (Å²) in [6.07, 6.45) is 2.45. The van der Waals surface area contributed by atoms with Crippen LogP contribution in [0.2, 0.25) is 0 Å². The quantitative estimate of drug-likeness (QED) is 0.652. The van der Waals surface area contributed by atoms with Crippen LogP contribution in [-0.2, 0) is 9.53 Å². The average molecular weight is 378 g/mol. The van der Waals surface area contributed by atoms with Gasteiger partial charge in [-0.05, 0) is 33.1 Å². The second kappa shape index (κ2) is 8.71. The van der Waals surface area contributed by atoms with Gasteiger partial charge in [0.25, 0.3) is 5.91 Å². The molecule has 0 radical (unpaired) electrons. The highest BCUT2D eigenvalue weighted by Gasteiger charge is 2.42. The van der Waals surface area contributed by atoms with E-state index in [1.165, 1.54) is 6.07 Å². The number of nitrogens with zero attached hydrogens (tertiary/aromatic N) is 3. The summed E-state index contributed by atoms with van der Waals surface area (Å²) in [6.45, 7) is 7.48. The Bertz CT molecular complexity index is 653. The number of ether oxygens (including phenoxy) is 1. The number of hydrogen-bond acceptors (Lipinski definition) is 6. The molecule has 2 saturated heterocycles. The minimum atomic E-state index is -0.243. The lowest BCUT2D eigenvalue weighted by Gasteiger charge is -2.36. The summed E-state index contributed by atoms with van der Waals surface area (Å²) >= 11 is 0. The molecule has 9 heteroatoms. The molecule has 0 aromatic carbocycles. The monoisotopic (exact) mass is 378 g/mol. The number of anilines is 1. The number of nitrogen functional groups attached to an aromatic ring is 1. The molecule has 0 bridgehead atoms. The lowest BCUT2D eigenvalue weighted by molar-refractivity contribution is -0.137. The minimum absolute atomic E-state index is 0.0885. The Balaban J connectivity index is 1.71. The van der Waals surface area contributed by atoms with Crippen molar-refractivity contribution < 1.29 is 14.3 Å². The number of likely N-dealkylation sites (N-methyl/N-ethyl adjacent to an activating group) is 1. The zero-order chi connectivity index (χ0) is 19.4. The van der Waals surface area contributed by atoms with Gasteiger partial charge in [-0.15, -0.1) is 0 Å². The van der Waals surface area contributed by atoms with Crippen LogP contribution in [0.3, 0.4) is 0 Å². The summed E-state index contributed by atoms with van der Waals surface area (Å²) in [7, 11) is 0. The van der Waals surface area contributed by atoms with Gasteiger partial charge in [-0.3, -0.25) is 19.6 Å². The fourth-order valence-corrected chi connectivity index (χ4v) is 4.09. The summed E-state index contributed by atoms with van der Waals surface area (Å²) in [4.78, 5) is 29.7. The smallest absolute Gasteiger partial charge is 0.269 e. The molecule has 150 valence electrons. The maximum absolute atomic E-state index is 13.1. The van der Waals surface area contributed by atoms with Crippen LogP contribution in [0.1, 0.15) is 43.6 Å². The first-order valence-electron chi connectivity index (χ1n) is 9.77. The number of nitrogens with one attached hydrogen (secondary N) is 2. The van der Waals surface area contributed by atoms with Crippen LogP contribution in [0, 0.1) is 0 Å². The molecule has 2 fully saturated rings. The number of carbonyl (C=O) groups excluding carboxylic acids is 2. The van der Waals surface area contributed by atoms with Gasteiger partial charge in [0.1, 0.15) is 11.5 Å². The van der Waals surface area contributed by atoms with E-state index >= 15 is 0 Å². The molecule has 3 rings (SSSR count). The Morgan fingerprint density at radius 1 is 1.37 bits per heavy atom. The van der Waals surface area contributed by atoms with Crippen LogP contribution in [0.4, 0.5) is 5.82 Å². The number of hydrogen-bond donors (Lipinski definition) is 3. The molecular formula is C18H30N6O3. The van der Waals surface area contributed by atoms with Gasteiger partial charge in [-0.2, -0.15) is 5.10 Å². The standard InChI is InChI=1S/C18H30N6O3/c1-3-23(4-2)18(26)15-9-12(11-24(15)13-5-7-27-8-6-13)20-17(25)14-10-16(19)22-21-14/h10,12-13,15H,3-9,11H2,1-2H3,(H,20,25)(H3,19,21,22)/t12-,15-/m0/s1. The third kappa shape index (κ3) is 4.41. The minimum Gasteiger partial charge on any atom is -0.382 e. The first-order chi connectivity index (χ1) is 13.0. The Hall–Kier alpha value is -2.13. The van der Waals surface area contributed by atoms with Crippen LogP contribution in [-0.4, -0.2) is 82.8 Å². The number of likely N-dealkylation sites (tertiary alicyclic amines) is 1. The molecule has 0 saturated carbocycles. The van der Waals surface area contributed by atoms with Crippen molar-refractivity contribution in [3.63, 3.8) is 0 Å². The first-order valence-corrected chi connectivity index (χ1v) is 9.77. The van der Waals surface area contributed by atoms with E-state index in [0.29, 0.717) is 37.8 Å². The van der Waals surface area contributed by atoms with E-state index in [0.717, 1.165) is 26.1 Å². The van der Waals surface area contributed by atoms with Gasteiger partial charge in [0.15, 0.2) is 0 Å². The molecule has 2 atom stereocenters. The van der Waals surface area contributed by atoms with E-state index in [-0.39, 0.29) is 29.7 Å². The van der Waals surface area contributed by atoms with Gasteiger partial charge < -0.3 is 20.7 Å². The number of amides is 2. The number of H-pyrrole nitrogens is 1. The summed E-state index contributed by atoms with van der Waals surface area (Å²) in [5.74, 6) is 0.186. The lowest BCUT2D eigenvalue weighted by atomic mass is 10.1. The highest BCUT2D eigenvalue weighted by atomic mass is 16.5. The predicted molar refractivity (Wildman–Crippen MR) is 101 cm³/mol. The molecule has 2 aliphatic rings. The molecule has 1 aromatic rings. The third-order valence-corrected chi connectivity index (χ3v) is 5.54. The van der Waals surface area contributed by atoms with Crippen molar-refractivity contribution >= 4 is 17.6 Å². The maximum Gasteiger partial charge on any atom is 0.269 e.